The molecule has 0 amide bonds. The van der Waals surface area contributed by atoms with Crippen LogP contribution < -0.4 is 0 Å². The Hall–Kier alpha value is -12.6. The van der Waals surface area contributed by atoms with Crippen LogP contribution in [0.4, 0.5) is 0 Å². The Bertz CT molecular complexity index is 7200. The van der Waals surface area contributed by atoms with Gasteiger partial charge >= 0.3 is 0 Å². The van der Waals surface area contributed by atoms with E-state index in [1.54, 1.807) is 0 Å². The van der Waals surface area contributed by atoms with Crippen molar-refractivity contribution in [2.75, 3.05) is 0 Å². The summed E-state index contributed by atoms with van der Waals surface area (Å²) in [5.41, 5.74) is 18.6. The predicted molar refractivity (Wildman–Crippen MR) is 433 cm³/mol. The van der Waals surface area contributed by atoms with Crippen LogP contribution in [0.25, 0.3) is 205 Å². The number of hydrogen-bond donors (Lipinski definition) is 0. The summed E-state index contributed by atoms with van der Waals surface area (Å²) >= 11 is 3.68. The molecule has 101 heavy (non-hydrogen) atoms. The highest BCUT2D eigenvalue weighted by Gasteiger charge is 2.27. The maximum atomic E-state index is 5.16. The molecule has 0 radical (unpaired) electrons. The molecule has 16 aromatic carbocycles. The lowest BCUT2D eigenvalue weighted by molar-refractivity contribution is 1.09. The number of nitrogens with zero attached hydrogens (tertiary/aromatic N) is 4. The van der Waals surface area contributed by atoms with E-state index in [2.05, 4.69) is 325 Å². The van der Waals surface area contributed by atoms with Crippen molar-refractivity contribution in [2.24, 2.45) is 0 Å². The summed E-state index contributed by atoms with van der Waals surface area (Å²) in [5.74, 6) is 1.01. The molecule has 0 bridgehead atoms. The Morgan fingerprint density at radius 2 is 0.683 bits per heavy atom. The molecular formula is C95H56N4S2. The first-order valence-corrected chi connectivity index (χ1v) is 36.3. The predicted octanol–water partition coefficient (Wildman–Crippen LogP) is 26.6. The van der Waals surface area contributed by atoms with Gasteiger partial charge in [0.1, 0.15) is 0 Å². The van der Waals surface area contributed by atoms with E-state index in [1.807, 2.05) is 35.1 Å². The Morgan fingerprint density at radius 1 is 0.257 bits per heavy atom. The van der Waals surface area contributed by atoms with Crippen LogP contribution in [0.15, 0.2) is 328 Å². The molecule has 6 aromatic heterocycles. The van der Waals surface area contributed by atoms with Gasteiger partial charge < -0.3 is 4.57 Å². The summed E-state index contributed by atoms with van der Waals surface area (Å²) in [6, 6.07) is 116. The van der Waals surface area contributed by atoms with Crippen molar-refractivity contribution in [3.8, 4) is 56.1 Å². The molecule has 6 heterocycles. The molecule has 0 saturated carbocycles. The lowest BCUT2D eigenvalue weighted by Gasteiger charge is -2.12. The Labute approximate surface area is 587 Å². The fourth-order valence-electron chi connectivity index (χ4n) is 17.2. The largest absolute Gasteiger partial charge is 0.309 e. The summed E-state index contributed by atoms with van der Waals surface area (Å²) in [4.78, 5) is 10.2. The number of thiophene rings is 2. The molecule has 1 aliphatic rings. The van der Waals surface area contributed by atoms with E-state index in [1.165, 1.54) is 199 Å². The number of rotatable bonds is 5. The maximum Gasteiger partial charge on any atom is 0.155 e. The third-order valence-electron chi connectivity index (χ3n) is 21.7. The Balaban J connectivity index is 0.000000128. The van der Waals surface area contributed by atoms with Gasteiger partial charge in [0, 0.05) is 82.6 Å². The molecule has 23 rings (SSSR count). The first-order chi connectivity index (χ1) is 50.1. The van der Waals surface area contributed by atoms with Gasteiger partial charge in [0.2, 0.25) is 0 Å². The SMILES string of the molecule is c1cc(-c2ccc3c4ccccc4c4ccccc4c3c2)cc(-c2nccc3c2sc2ccc(-n4c5ccccc5c5ccccc54)cc23)c1.c1ccc2c(c1)Cc1c-2ccc2c3ccccc3n(-c3nccc4c3sc3ccc(-c5ccc6c7ccccc7c7ccccc7c6c5)cc34)c12. The van der Waals surface area contributed by atoms with Gasteiger partial charge in [-0.3, -0.25) is 9.55 Å². The molecule has 468 valence electrons. The smallest absolute Gasteiger partial charge is 0.155 e. The molecule has 0 aliphatic heterocycles. The van der Waals surface area contributed by atoms with E-state index >= 15 is 0 Å². The van der Waals surface area contributed by atoms with E-state index in [9.17, 15) is 0 Å². The van der Waals surface area contributed by atoms with Crippen molar-refractivity contribution in [3.63, 3.8) is 0 Å². The van der Waals surface area contributed by atoms with Gasteiger partial charge in [-0.05, 0) is 188 Å². The van der Waals surface area contributed by atoms with Gasteiger partial charge in [0.25, 0.3) is 0 Å². The summed E-state index contributed by atoms with van der Waals surface area (Å²) in [7, 11) is 0. The lowest BCUT2D eigenvalue weighted by atomic mass is 9.91. The van der Waals surface area contributed by atoms with E-state index in [0.29, 0.717) is 0 Å². The van der Waals surface area contributed by atoms with Gasteiger partial charge in [-0.2, -0.15) is 0 Å². The molecule has 6 heteroatoms. The van der Waals surface area contributed by atoms with E-state index in [4.69, 9.17) is 9.97 Å². The van der Waals surface area contributed by atoms with Crippen molar-refractivity contribution < 1.29 is 0 Å². The minimum atomic E-state index is 0.932. The zero-order valence-corrected chi connectivity index (χ0v) is 56.1. The normalized spacial score (nSPS) is 12.3. The van der Waals surface area contributed by atoms with Crippen LogP contribution in [0.2, 0.25) is 0 Å². The third-order valence-corrected chi connectivity index (χ3v) is 24.1. The standard InChI is InChI=1S/C48H28N2S.C47H28N2S/c1-2-10-31-30(9-1)27-43-36(31)20-21-39-38-15-7-8-16-44(38)50(46(39)43)48-47-40(23-24-49-48)42-26-29(18-22-45(42)51-47)28-17-19-37-34-13-4-3-11-32(34)33-12-5-6-14-35(33)41(37)25-28;1-2-14-35-33(12-1)34-13-3-4-15-36(34)41-27-30(20-22-37(35)41)29-10-9-11-31(26-29)46-47-40(24-25-48-46)42-28-32(21-23-45(42)50-47)49-43-18-7-5-16-38(43)39-17-6-8-19-44(39)49/h1-26H,27H2;1-28H. The summed E-state index contributed by atoms with van der Waals surface area (Å²) in [6.45, 7) is 0. The van der Waals surface area contributed by atoms with Crippen molar-refractivity contribution in [1.82, 2.24) is 19.1 Å². The number of benzene rings is 16. The number of hydrogen-bond acceptors (Lipinski definition) is 4. The quantitative estimate of drug-likeness (QED) is 0.161. The van der Waals surface area contributed by atoms with Crippen LogP contribution in [0, 0.1) is 0 Å². The zero-order chi connectivity index (χ0) is 66.0. The average Bonchev–Trinajstić information content (AvgIpc) is 1.46. The first-order valence-electron chi connectivity index (χ1n) is 34.6. The van der Waals surface area contributed by atoms with E-state index in [-0.39, 0.29) is 0 Å². The van der Waals surface area contributed by atoms with Crippen molar-refractivity contribution in [1.29, 1.82) is 0 Å². The van der Waals surface area contributed by atoms with Gasteiger partial charge in [0.15, 0.2) is 5.82 Å². The monoisotopic (exact) mass is 1320 g/mol. The molecule has 0 fully saturated rings. The van der Waals surface area contributed by atoms with Crippen LogP contribution >= 0.6 is 22.7 Å². The van der Waals surface area contributed by atoms with Crippen LogP contribution in [0.5, 0.6) is 0 Å². The molecule has 1 aliphatic carbocycles. The second-order valence-corrected chi connectivity index (χ2v) is 29.1. The fourth-order valence-corrected chi connectivity index (χ4v) is 19.5. The topological polar surface area (TPSA) is 35.6 Å². The van der Waals surface area contributed by atoms with Gasteiger partial charge in [-0.25, -0.2) is 4.98 Å². The van der Waals surface area contributed by atoms with Crippen molar-refractivity contribution in [3.05, 3.63) is 339 Å². The van der Waals surface area contributed by atoms with Gasteiger partial charge in [-0.1, -0.05) is 237 Å². The van der Waals surface area contributed by atoms with Crippen LogP contribution in [0.1, 0.15) is 11.1 Å². The highest BCUT2D eigenvalue weighted by atomic mass is 32.1. The number of fused-ring (bicyclic) bond motifs is 28. The van der Waals surface area contributed by atoms with Gasteiger partial charge in [0.05, 0.1) is 37.2 Å². The van der Waals surface area contributed by atoms with Crippen molar-refractivity contribution in [2.45, 2.75) is 6.42 Å². The first kappa shape index (κ1) is 56.4. The average molecular weight is 1320 g/mol. The lowest BCUT2D eigenvalue weighted by Crippen LogP contribution is -1.99. The molecular weight excluding hydrogens is 1260 g/mol. The summed E-state index contributed by atoms with van der Waals surface area (Å²) in [5, 5.41) is 25.7. The molecule has 0 N–H and O–H groups in total. The molecule has 0 unspecified atom stereocenters. The Morgan fingerprint density at radius 3 is 1.29 bits per heavy atom. The third kappa shape index (κ3) is 8.47. The molecule has 22 aromatic rings. The van der Waals surface area contributed by atoms with E-state index in [0.717, 1.165) is 23.5 Å². The molecule has 0 atom stereocenters. The highest BCUT2D eigenvalue weighted by molar-refractivity contribution is 7.26. The number of aromatic nitrogens is 4. The van der Waals surface area contributed by atoms with E-state index < -0.39 is 0 Å². The number of para-hydroxylation sites is 3. The molecule has 0 saturated heterocycles. The maximum absolute atomic E-state index is 5.16. The second kappa shape index (κ2) is 22.0. The van der Waals surface area contributed by atoms with Crippen LogP contribution in [-0.4, -0.2) is 19.1 Å². The van der Waals surface area contributed by atoms with Crippen molar-refractivity contribution >= 4 is 171 Å². The zero-order valence-electron chi connectivity index (χ0n) is 54.5. The minimum absolute atomic E-state index is 0.932. The Kier molecular flexibility index (Phi) is 12.3. The molecule has 4 nitrogen and oxygen atoms in total. The number of pyridine rings is 2. The summed E-state index contributed by atoms with van der Waals surface area (Å²) < 4.78 is 9.83. The minimum Gasteiger partial charge on any atom is -0.309 e. The second-order valence-electron chi connectivity index (χ2n) is 27.0. The van der Waals surface area contributed by atoms with Crippen LogP contribution in [-0.2, 0) is 6.42 Å². The van der Waals surface area contributed by atoms with Crippen LogP contribution in [0.3, 0.4) is 0 Å². The fraction of sp³-hybridized carbons (Fsp3) is 0.0105. The highest BCUT2D eigenvalue weighted by Crippen LogP contribution is 2.49. The van der Waals surface area contributed by atoms with Gasteiger partial charge in [-0.15, -0.1) is 22.7 Å². The summed E-state index contributed by atoms with van der Waals surface area (Å²) in [6.07, 6.45) is 4.90. The molecule has 0 spiro atoms.